The van der Waals surface area contributed by atoms with E-state index in [1.807, 2.05) is 0 Å². The molecule has 0 saturated heterocycles. The Kier molecular flexibility index (Phi) is 3.45. The summed E-state index contributed by atoms with van der Waals surface area (Å²) >= 11 is 0. The van der Waals surface area contributed by atoms with Gasteiger partial charge in [-0.05, 0) is 36.0 Å². The Bertz CT molecular complexity index is 571. The molecule has 2 rings (SSSR count). The molecule has 1 aromatic heterocycles. The van der Waals surface area contributed by atoms with Gasteiger partial charge in [-0.25, -0.2) is 0 Å². The summed E-state index contributed by atoms with van der Waals surface area (Å²) < 4.78 is 5.09. The summed E-state index contributed by atoms with van der Waals surface area (Å²) in [5.74, 6) is 1.09. The van der Waals surface area contributed by atoms with Crippen LogP contribution in [0.3, 0.4) is 0 Å². The maximum absolute atomic E-state index is 5.50. The van der Waals surface area contributed by atoms with Crippen LogP contribution in [-0.4, -0.2) is 10.1 Å². The number of aryl methyl sites for hydroxylation is 2. The molecule has 0 spiro atoms. The monoisotopic (exact) mass is 259 g/mol. The van der Waals surface area contributed by atoms with Gasteiger partial charge in [-0.1, -0.05) is 38.1 Å². The smallest absolute Gasteiger partial charge is 0.240 e. The average molecular weight is 259 g/mol. The maximum atomic E-state index is 5.50. The maximum Gasteiger partial charge on any atom is 0.240 e. The van der Waals surface area contributed by atoms with Gasteiger partial charge in [0.2, 0.25) is 11.7 Å². The average Bonchev–Trinajstić information content (AvgIpc) is 2.75. The molecule has 102 valence electrons. The third kappa shape index (κ3) is 2.68. The van der Waals surface area contributed by atoms with Crippen LogP contribution in [0.5, 0.6) is 0 Å². The Morgan fingerprint density at radius 1 is 1.16 bits per heavy atom. The molecule has 4 nitrogen and oxygen atoms in total. The van der Waals surface area contributed by atoms with Crippen LogP contribution in [0.1, 0.15) is 43.4 Å². The van der Waals surface area contributed by atoms with E-state index in [0.717, 1.165) is 16.7 Å². The van der Waals surface area contributed by atoms with Crippen molar-refractivity contribution in [3.8, 4) is 11.4 Å². The summed E-state index contributed by atoms with van der Waals surface area (Å²) in [7, 11) is 0. The zero-order chi connectivity index (χ0) is 14.2. The highest BCUT2D eigenvalue weighted by Gasteiger charge is 2.19. The Hall–Kier alpha value is -1.68. The van der Waals surface area contributed by atoms with E-state index in [0.29, 0.717) is 11.7 Å². The van der Waals surface area contributed by atoms with Crippen LogP contribution in [0.25, 0.3) is 11.4 Å². The van der Waals surface area contributed by atoms with E-state index >= 15 is 0 Å². The summed E-state index contributed by atoms with van der Waals surface area (Å²) in [5, 5.41) is 4.00. The molecule has 19 heavy (non-hydrogen) atoms. The molecular weight excluding hydrogens is 238 g/mol. The van der Waals surface area contributed by atoms with Gasteiger partial charge in [0, 0.05) is 5.56 Å². The zero-order valence-electron chi connectivity index (χ0n) is 12.2. The lowest BCUT2D eigenvalue weighted by Gasteiger charge is -2.21. The highest BCUT2D eigenvalue weighted by molar-refractivity contribution is 5.65. The molecule has 1 aromatic carbocycles. The standard InChI is InChI=1S/C15H21N3O/c1-9-6-11(15(3,4)5)7-10(2)13(9)14-17-12(8-16)19-18-14/h6-7H,8,16H2,1-5H3. The van der Waals surface area contributed by atoms with E-state index in [2.05, 4.69) is 56.9 Å². The summed E-state index contributed by atoms with van der Waals surface area (Å²) in [6, 6.07) is 4.39. The molecule has 0 atom stereocenters. The zero-order valence-corrected chi connectivity index (χ0v) is 12.2. The van der Waals surface area contributed by atoms with Crippen molar-refractivity contribution in [2.75, 3.05) is 0 Å². The van der Waals surface area contributed by atoms with Crippen LogP contribution >= 0.6 is 0 Å². The number of nitrogens with two attached hydrogens (primary N) is 1. The summed E-state index contributed by atoms with van der Waals surface area (Å²) in [4.78, 5) is 4.31. The fraction of sp³-hybridized carbons (Fsp3) is 0.467. The Morgan fingerprint density at radius 3 is 2.16 bits per heavy atom. The van der Waals surface area contributed by atoms with Gasteiger partial charge >= 0.3 is 0 Å². The van der Waals surface area contributed by atoms with E-state index < -0.39 is 0 Å². The highest BCUT2D eigenvalue weighted by atomic mass is 16.5. The second-order valence-corrected chi connectivity index (χ2v) is 5.95. The van der Waals surface area contributed by atoms with Crippen LogP contribution < -0.4 is 5.73 Å². The molecule has 2 N–H and O–H groups in total. The van der Waals surface area contributed by atoms with Crippen molar-refractivity contribution in [2.45, 2.75) is 46.6 Å². The molecule has 0 amide bonds. The van der Waals surface area contributed by atoms with Crippen LogP contribution in [0.4, 0.5) is 0 Å². The summed E-state index contributed by atoms with van der Waals surface area (Å²) in [6.07, 6.45) is 0. The van der Waals surface area contributed by atoms with Crippen LogP contribution in [-0.2, 0) is 12.0 Å². The Labute approximate surface area is 114 Å². The molecule has 0 saturated carbocycles. The molecule has 0 aliphatic heterocycles. The minimum atomic E-state index is 0.133. The first-order valence-corrected chi connectivity index (χ1v) is 6.47. The molecule has 1 heterocycles. The lowest BCUT2D eigenvalue weighted by atomic mass is 9.83. The van der Waals surface area contributed by atoms with Crippen molar-refractivity contribution in [2.24, 2.45) is 5.73 Å². The summed E-state index contributed by atoms with van der Waals surface area (Å²) in [6.45, 7) is 11.1. The van der Waals surface area contributed by atoms with Gasteiger partial charge in [-0.3, -0.25) is 0 Å². The second-order valence-electron chi connectivity index (χ2n) is 5.95. The second kappa shape index (κ2) is 4.78. The first kappa shape index (κ1) is 13.7. The molecule has 0 fully saturated rings. The highest BCUT2D eigenvalue weighted by Crippen LogP contribution is 2.31. The van der Waals surface area contributed by atoms with Crippen LogP contribution in [0.2, 0.25) is 0 Å². The molecule has 4 heteroatoms. The van der Waals surface area contributed by atoms with E-state index in [1.54, 1.807) is 0 Å². The number of aromatic nitrogens is 2. The van der Waals surface area contributed by atoms with Crippen molar-refractivity contribution in [3.05, 3.63) is 34.7 Å². The third-order valence-corrected chi connectivity index (χ3v) is 3.27. The number of hydrogen-bond acceptors (Lipinski definition) is 4. The van der Waals surface area contributed by atoms with E-state index in [4.69, 9.17) is 10.3 Å². The fourth-order valence-corrected chi connectivity index (χ4v) is 2.19. The van der Waals surface area contributed by atoms with Crippen LogP contribution in [0.15, 0.2) is 16.7 Å². The quantitative estimate of drug-likeness (QED) is 0.900. The first-order chi connectivity index (χ1) is 8.82. The largest absolute Gasteiger partial charge is 0.338 e. The summed E-state index contributed by atoms with van der Waals surface area (Å²) in [5.41, 5.74) is 10.3. The van der Waals surface area contributed by atoms with Gasteiger partial charge in [0.1, 0.15) is 0 Å². The number of hydrogen-bond donors (Lipinski definition) is 1. The normalized spacial score (nSPS) is 11.9. The number of benzene rings is 1. The van der Waals surface area contributed by atoms with E-state index in [1.165, 1.54) is 5.56 Å². The minimum Gasteiger partial charge on any atom is -0.338 e. The fourth-order valence-electron chi connectivity index (χ4n) is 2.19. The van der Waals surface area contributed by atoms with E-state index in [9.17, 15) is 0 Å². The number of nitrogens with zero attached hydrogens (tertiary/aromatic N) is 2. The van der Waals surface area contributed by atoms with Crippen molar-refractivity contribution < 1.29 is 4.52 Å². The SMILES string of the molecule is Cc1cc(C(C)(C)C)cc(C)c1-c1noc(CN)n1. The molecular formula is C15H21N3O. The molecule has 2 aromatic rings. The van der Waals surface area contributed by atoms with Crippen molar-refractivity contribution in [1.29, 1.82) is 0 Å². The van der Waals surface area contributed by atoms with Gasteiger partial charge in [-0.15, -0.1) is 0 Å². The molecule has 0 radical (unpaired) electrons. The molecule has 0 aliphatic rings. The first-order valence-electron chi connectivity index (χ1n) is 6.47. The lowest BCUT2D eigenvalue weighted by molar-refractivity contribution is 0.380. The lowest BCUT2D eigenvalue weighted by Crippen LogP contribution is -2.12. The van der Waals surface area contributed by atoms with Crippen molar-refractivity contribution in [3.63, 3.8) is 0 Å². The Morgan fingerprint density at radius 2 is 1.74 bits per heavy atom. The third-order valence-electron chi connectivity index (χ3n) is 3.27. The van der Waals surface area contributed by atoms with Gasteiger partial charge in [0.25, 0.3) is 0 Å². The molecule has 0 bridgehead atoms. The molecule has 0 unspecified atom stereocenters. The number of rotatable bonds is 2. The van der Waals surface area contributed by atoms with Gasteiger partial charge in [0.15, 0.2) is 0 Å². The van der Waals surface area contributed by atoms with Crippen molar-refractivity contribution >= 4 is 0 Å². The molecule has 0 aliphatic carbocycles. The Balaban J connectivity index is 2.53. The van der Waals surface area contributed by atoms with Crippen LogP contribution in [0, 0.1) is 13.8 Å². The predicted molar refractivity (Wildman–Crippen MR) is 75.8 cm³/mol. The van der Waals surface area contributed by atoms with Crippen molar-refractivity contribution in [1.82, 2.24) is 10.1 Å². The van der Waals surface area contributed by atoms with Gasteiger partial charge in [0.05, 0.1) is 6.54 Å². The van der Waals surface area contributed by atoms with Gasteiger partial charge in [-0.2, -0.15) is 4.98 Å². The van der Waals surface area contributed by atoms with E-state index in [-0.39, 0.29) is 12.0 Å². The predicted octanol–water partition coefficient (Wildman–Crippen LogP) is 3.11. The minimum absolute atomic E-state index is 0.133. The van der Waals surface area contributed by atoms with Gasteiger partial charge < -0.3 is 10.3 Å². The topological polar surface area (TPSA) is 64.9 Å².